The molecule has 0 bridgehead atoms. The number of aldehydes is 1. The summed E-state index contributed by atoms with van der Waals surface area (Å²) in [7, 11) is 0. The summed E-state index contributed by atoms with van der Waals surface area (Å²) in [5, 5.41) is 0. The number of piperidine rings is 2. The predicted octanol–water partition coefficient (Wildman–Crippen LogP) is 2.70. The maximum absolute atomic E-state index is 11.5. The van der Waals surface area contributed by atoms with Crippen LogP contribution in [-0.2, 0) is 4.79 Å². The fourth-order valence-electron chi connectivity index (χ4n) is 4.56. The quantitative estimate of drug-likeness (QED) is 0.739. The van der Waals surface area contributed by atoms with Crippen LogP contribution in [0.25, 0.3) is 0 Å². The average molecular weight is 278 g/mol. The van der Waals surface area contributed by atoms with Gasteiger partial charge in [-0.3, -0.25) is 0 Å². The summed E-state index contributed by atoms with van der Waals surface area (Å²) in [5.41, 5.74) is 0.0119. The fraction of sp³-hybridized carbons (Fsp3) is 0.941. The van der Waals surface area contributed by atoms with Gasteiger partial charge in [-0.2, -0.15) is 0 Å². The van der Waals surface area contributed by atoms with Crippen molar-refractivity contribution in [3.05, 3.63) is 0 Å². The van der Waals surface area contributed by atoms with Crippen LogP contribution in [-0.4, -0.2) is 54.9 Å². The lowest BCUT2D eigenvalue weighted by Crippen LogP contribution is -2.49. The number of likely N-dealkylation sites (tertiary alicyclic amines) is 2. The molecule has 3 heteroatoms. The van der Waals surface area contributed by atoms with E-state index in [1.54, 1.807) is 0 Å². The minimum Gasteiger partial charge on any atom is -0.303 e. The number of carbonyl (C=O) groups excluding carboxylic acids is 1. The first-order valence-corrected chi connectivity index (χ1v) is 8.74. The lowest BCUT2D eigenvalue weighted by atomic mass is 9.86. The molecule has 20 heavy (non-hydrogen) atoms. The van der Waals surface area contributed by atoms with Crippen LogP contribution in [0.3, 0.4) is 0 Å². The molecule has 0 N–H and O–H groups in total. The van der Waals surface area contributed by atoms with E-state index in [9.17, 15) is 4.79 Å². The zero-order valence-electron chi connectivity index (χ0n) is 12.9. The molecule has 3 aliphatic rings. The molecule has 0 aromatic carbocycles. The maximum Gasteiger partial charge on any atom is 0.127 e. The highest BCUT2D eigenvalue weighted by molar-refractivity contribution is 5.60. The van der Waals surface area contributed by atoms with Gasteiger partial charge in [0.05, 0.1) is 0 Å². The molecule has 0 aromatic heterocycles. The second-order valence-corrected chi connectivity index (χ2v) is 7.29. The minimum atomic E-state index is 0.0119. The van der Waals surface area contributed by atoms with E-state index in [2.05, 4.69) is 9.80 Å². The Morgan fingerprint density at radius 1 is 0.900 bits per heavy atom. The number of hydrogen-bond acceptors (Lipinski definition) is 3. The highest BCUT2D eigenvalue weighted by atomic mass is 16.1. The average Bonchev–Trinajstić information content (AvgIpc) is 2.98. The second kappa shape index (κ2) is 6.57. The standard InChI is InChI=1S/C17H30N2O/c20-15-17(8-2-3-9-17)14-18-12-6-16(7-13-18)19-10-4-1-5-11-19/h15-16H,1-14H2. The molecule has 0 spiro atoms. The zero-order valence-corrected chi connectivity index (χ0v) is 12.9. The molecule has 2 heterocycles. The van der Waals surface area contributed by atoms with E-state index in [0.717, 1.165) is 25.4 Å². The van der Waals surface area contributed by atoms with Crippen LogP contribution in [0.15, 0.2) is 0 Å². The normalized spacial score (nSPS) is 29.6. The summed E-state index contributed by atoms with van der Waals surface area (Å²) in [4.78, 5) is 16.8. The van der Waals surface area contributed by atoms with E-state index in [-0.39, 0.29) is 5.41 Å². The first-order chi connectivity index (χ1) is 9.81. The number of carbonyl (C=O) groups is 1. The Kier molecular flexibility index (Phi) is 4.77. The molecule has 2 aliphatic heterocycles. The van der Waals surface area contributed by atoms with Crippen LogP contribution in [0.4, 0.5) is 0 Å². The van der Waals surface area contributed by atoms with Crippen LogP contribution < -0.4 is 0 Å². The molecule has 0 amide bonds. The summed E-state index contributed by atoms with van der Waals surface area (Å²) < 4.78 is 0. The van der Waals surface area contributed by atoms with Gasteiger partial charge >= 0.3 is 0 Å². The number of rotatable bonds is 4. The van der Waals surface area contributed by atoms with Gasteiger partial charge in [0.25, 0.3) is 0 Å². The molecule has 1 aliphatic carbocycles. The van der Waals surface area contributed by atoms with Gasteiger partial charge in [-0.05, 0) is 64.7 Å². The third-order valence-electron chi connectivity index (χ3n) is 5.85. The van der Waals surface area contributed by atoms with E-state index in [1.807, 2.05) is 0 Å². The van der Waals surface area contributed by atoms with E-state index in [0.29, 0.717) is 0 Å². The fourth-order valence-corrected chi connectivity index (χ4v) is 4.56. The van der Waals surface area contributed by atoms with Crippen LogP contribution in [0, 0.1) is 5.41 Å². The van der Waals surface area contributed by atoms with Crippen molar-refractivity contribution in [2.45, 2.75) is 63.8 Å². The molecule has 114 valence electrons. The summed E-state index contributed by atoms with van der Waals surface area (Å²) in [6, 6.07) is 0.822. The highest BCUT2D eigenvalue weighted by Gasteiger charge is 2.36. The summed E-state index contributed by atoms with van der Waals surface area (Å²) >= 11 is 0. The van der Waals surface area contributed by atoms with Crippen LogP contribution in [0.2, 0.25) is 0 Å². The number of nitrogens with zero attached hydrogens (tertiary/aromatic N) is 2. The first-order valence-electron chi connectivity index (χ1n) is 8.74. The van der Waals surface area contributed by atoms with Gasteiger partial charge in [-0.25, -0.2) is 0 Å². The van der Waals surface area contributed by atoms with Crippen molar-refractivity contribution in [2.24, 2.45) is 5.41 Å². The monoisotopic (exact) mass is 278 g/mol. The van der Waals surface area contributed by atoms with E-state index >= 15 is 0 Å². The van der Waals surface area contributed by atoms with Crippen molar-refractivity contribution >= 4 is 6.29 Å². The summed E-state index contributed by atoms with van der Waals surface area (Å²) in [5.74, 6) is 0. The van der Waals surface area contributed by atoms with E-state index in [4.69, 9.17) is 0 Å². The van der Waals surface area contributed by atoms with Crippen molar-refractivity contribution in [1.29, 1.82) is 0 Å². The van der Waals surface area contributed by atoms with E-state index < -0.39 is 0 Å². The largest absolute Gasteiger partial charge is 0.303 e. The zero-order chi connectivity index (χ0) is 13.8. The van der Waals surface area contributed by atoms with Crippen molar-refractivity contribution in [2.75, 3.05) is 32.7 Å². The minimum absolute atomic E-state index is 0.0119. The van der Waals surface area contributed by atoms with Crippen LogP contribution in [0.5, 0.6) is 0 Å². The molecule has 3 fully saturated rings. The first kappa shape index (κ1) is 14.5. The maximum atomic E-state index is 11.5. The molecule has 2 saturated heterocycles. The highest BCUT2D eigenvalue weighted by Crippen LogP contribution is 2.37. The lowest BCUT2D eigenvalue weighted by molar-refractivity contribution is -0.117. The van der Waals surface area contributed by atoms with Crippen LogP contribution in [0.1, 0.15) is 57.8 Å². The second-order valence-electron chi connectivity index (χ2n) is 7.29. The Balaban J connectivity index is 1.47. The molecular weight excluding hydrogens is 248 g/mol. The van der Waals surface area contributed by atoms with Gasteiger partial charge in [0.15, 0.2) is 0 Å². The smallest absolute Gasteiger partial charge is 0.127 e. The van der Waals surface area contributed by atoms with Gasteiger partial charge in [0.1, 0.15) is 6.29 Å². The van der Waals surface area contributed by atoms with Crippen molar-refractivity contribution in [3.63, 3.8) is 0 Å². The third kappa shape index (κ3) is 3.25. The summed E-state index contributed by atoms with van der Waals surface area (Å²) in [6.45, 7) is 6.09. The van der Waals surface area contributed by atoms with Crippen molar-refractivity contribution in [3.8, 4) is 0 Å². The molecule has 0 unspecified atom stereocenters. The van der Waals surface area contributed by atoms with E-state index in [1.165, 1.54) is 77.4 Å². The summed E-state index contributed by atoms with van der Waals surface area (Å²) in [6.07, 6.45) is 12.9. The topological polar surface area (TPSA) is 23.6 Å². The number of hydrogen-bond donors (Lipinski definition) is 0. The Bertz CT molecular complexity index is 311. The Hall–Kier alpha value is -0.410. The molecule has 3 nitrogen and oxygen atoms in total. The predicted molar refractivity (Wildman–Crippen MR) is 81.9 cm³/mol. The molecule has 1 saturated carbocycles. The Morgan fingerprint density at radius 3 is 2.15 bits per heavy atom. The molecule has 0 atom stereocenters. The Morgan fingerprint density at radius 2 is 1.55 bits per heavy atom. The molecule has 0 radical (unpaired) electrons. The third-order valence-corrected chi connectivity index (χ3v) is 5.85. The van der Waals surface area contributed by atoms with Crippen molar-refractivity contribution < 1.29 is 4.79 Å². The van der Waals surface area contributed by atoms with Gasteiger partial charge in [-0.1, -0.05) is 19.3 Å². The SMILES string of the molecule is O=CC1(CN2CCC(N3CCCCC3)CC2)CCCC1. The van der Waals surface area contributed by atoms with Crippen LogP contribution >= 0.6 is 0 Å². The van der Waals surface area contributed by atoms with Gasteiger partial charge in [-0.15, -0.1) is 0 Å². The molecule has 3 rings (SSSR count). The van der Waals surface area contributed by atoms with Gasteiger partial charge in [0.2, 0.25) is 0 Å². The molecular formula is C17H30N2O. The van der Waals surface area contributed by atoms with Gasteiger partial charge in [0, 0.05) is 18.0 Å². The Labute approximate surface area is 123 Å². The lowest BCUT2D eigenvalue weighted by Gasteiger charge is -2.42. The van der Waals surface area contributed by atoms with Gasteiger partial charge < -0.3 is 14.6 Å². The van der Waals surface area contributed by atoms with Crippen molar-refractivity contribution in [1.82, 2.24) is 9.80 Å². The molecule has 0 aromatic rings.